The van der Waals surface area contributed by atoms with E-state index in [-0.39, 0.29) is 11.9 Å². The van der Waals surface area contributed by atoms with Crippen molar-refractivity contribution in [2.75, 3.05) is 11.9 Å². The summed E-state index contributed by atoms with van der Waals surface area (Å²) in [6.07, 6.45) is 0.920. The van der Waals surface area contributed by atoms with Crippen LogP contribution in [0.15, 0.2) is 54.6 Å². The number of para-hydroxylation sites is 1. The predicted octanol–water partition coefficient (Wildman–Crippen LogP) is 2.90. The highest BCUT2D eigenvalue weighted by molar-refractivity contribution is 6.04. The third-order valence-electron chi connectivity index (χ3n) is 3.32. The Bertz CT molecular complexity index is 592. The van der Waals surface area contributed by atoms with E-state index in [1.54, 1.807) is 0 Å². The van der Waals surface area contributed by atoms with Crippen molar-refractivity contribution in [3.63, 3.8) is 0 Å². The number of anilines is 1. The molecule has 20 heavy (non-hydrogen) atoms. The molecule has 1 saturated heterocycles. The van der Waals surface area contributed by atoms with Crippen LogP contribution in [0.5, 0.6) is 0 Å². The van der Waals surface area contributed by atoms with Gasteiger partial charge in [0.05, 0.1) is 12.6 Å². The van der Waals surface area contributed by atoms with E-state index in [2.05, 4.69) is 10.8 Å². The second-order valence-corrected chi connectivity index (χ2v) is 4.75. The molecule has 1 atom stereocenters. The molecule has 0 saturated carbocycles. The largest absolute Gasteiger partial charge is 0.322 e. The van der Waals surface area contributed by atoms with E-state index >= 15 is 0 Å². The number of benzene rings is 2. The van der Waals surface area contributed by atoms with Crippen LogP contribution in [-0.2, 0) is 4.84 Å². The summed E-state index contributed by atoms with van der Waals surface area (Å²) < 4.78 is 0. The summed E-state index contributed by atoms with van der Waals surface area (Å²) in [7, 11) is 0. The average molecular weight is 268 g/mol. The van der Waals surface area contributed by atoms with Crippen LogP contribution in [0.2, 0.25) is 0 Å². The van der Waals surface area contributed by atoms with Crippen molar-refractivity contribution in [2.24, 2.45) is 0 Å². The van der Waals surface area contributed by atoms with Gasteiger partial charge in [0.25, 0.3) is 5.91 Å². The Labute approximate surface area is 117 Å². The van der Waals surface area contributed by atoms with Crippen LogP contribution in [-0.4, -0.2) is 12.5 Å². The fraction of sp³-hybridized carbons (Fsp3) is 0.188. The van der Waals surface area contributed by atoms with Crippen molar-refractivity contribution in [1.29, 1.82) is 0 Å². The van der Waals surface area contributed by atoms with Crippen LogP contribution in [0.1, 0.15) is 28.4 Å². The van der Waals surface area contributed by atoms with E-state index in [9.17, 15) is 4.79 Å². The first kappa shape index (κ1) is 12.8. The topological polar surface area (TPSA) is 50.4 Å². The second-order valence-electron chi connectivity index (χ2n) is 4.75. The van der Waals surface area contributed by atoms with Crippen molar-refractivity contribution in [2.45, 2.75) is 12.5 Å². The lowest BCUT2D eigenvalue weighted by atomic mass is 10.0. The standard InChI is InChI=1S/C16H16N2O2/c19-16(17-14-7-2-1-3-8-14)13-6-4-5-12(11-13)15-9-10-20-18-15/h1-8,11,15,18H,9-10H2,(H,17,19)/t15-/m1/s1. The summed E-state index contributed by atoms with van der Waals surface area (Å²) in [5.74, 6) is -0.100. The second kappa shape index (κ2) is 5.86. The highest BCUT2D eigenvalue weighted by atomic mass is 16.7. The van der Waals surface area contributed by atoms with E-state index in [1.807, 2.05) is 54.6 Å². The molecule has 4 heteroatoms. The Hall–Kier alpha value is -2.17. The summed E-state index contributed by atoms with van der Waals surface area (Å²) >= 11 is 0. The lowest BCUT2D eigenvalue weighted by Crippen LogP contribution is -2.15. The highest BCUT2D eigenvalue weighted by Gasteiger charge is 2.18. The van der Waals surface area contributed by atoms with E-state index in [1.165, 1.54) is 0 Å². The molecule has 0 bridgehead atoms. The molecule has 0 aromatic heterocycles. The molecule has 2 N–H and O–H groups in total. The van der Waals surface area contributed by atoms with E-state index in [4.69, 9.17) is 4.84 Å². The van der Waals surface area contributed by atoms with Crippen molar-refractivity contribution < 1.29 is 9.63 Å². The smallest absolute Gasteiger partial charge is 0.255 e. The Morgan fingerprint density at radius 2 is 2.00 bits per heavy atom. The van der Waals surface area contributed by atoms with Gasteiger partial charge in [0.1, 0.15) is 0 Å². The van der Waals surface area contributed by atoms with Crippen molar-refractivity contribution >= 4 is 11.6 Å². The maximum Gasteiger partial charge on any atom is 0.255 e. The predicted molar refractivity (Wildman–Crippen MR) is 77.3 cm³/mol. The van der Waals surface area contributed by atoms with Crippen LogP contribution in [0, 0.1) is 0 Å². The van der Waals surface area contributed by atoms with Crippen molar-refractivity contribution in [3.05, 3.63) is 65.7 Å². The van der Waals surface area contributed by atoms with Gasteiger partial charge in [-0.15, -0.1) is 0 Å². The monoisotopic (exact) mass is 268 g/mol. The van der Waals surface area contributed by atoms with Gasteiger partial charge in [-0.3, -0.25) is 4.79 Å². The molecule has 4 nitrogen and oxygen atoms in total. The number of nitrogens with one attached hydrogen (secondary N) is 2. The summed E-state index contributed by atoms with van der Waals surface area (Å²) in [5, 5.41) is 2.89. The normalized spacial score (nSPS) is 17.9. The summed E-state index contributed by atoms with van der Waals surface area (Å²) in [6.45, 7) is 0.700. The Kier molecular flexibility index (Phi) is 3.76. The first-order valence-corrected chi connectivity index (χ1v) is 6.66. The van der Waals surface area contributed by atoms with Gasteiger partial charge in [-0.2, -0.15) is 5.48 Å². The molecule has 1 amide bonds. The van der Waals surface area contributed by atoms with Gasteiger partial charge in [0.2, 0.25) is 0 Å². The molecular weight excluding hydrogens is 252 g/mol. The average Bonchev–Trinajstić information content (AvgIpc) is 3.03. The van der Waals surface area contributed by atoms with Gasteiger partial charge in [-0.25, -0.2) is 0 Å². The van der Waals surface area contributed by atoms with Gasteiger partial charge in [-0.1, -0.05) is 30.3 Å². The Morgan fingerprint density at radius 3 is 2.75 bits per heavy atom. The number of amides is 1. The molecule has 0 unspecified atom stereocenters. The minimum atomic E-state index is -0.100. The van der Waals surface area contributed by atoms with Gasteiger partial charge >= 0.3 is 0 Å². The van der Waals surface area contributed by atoms with Gasteiger partial charge in [0.15, 0.2) is 0 Å². The maximum atomic E-state index is 12.2. The molecule has 102 valence electrons. The zero-order valence-corrected chi connectivity index (χ0v) is 11.0. The lowest BCUT2D eigenvalue weighted by Gasteiger charge is -2.11. The first-order valence-electron chi connectivity index (χ1n) is 6.66. The van der Waals surface area contributed by atoms with E-state index < -0.39 is 0 Å². The van der Waals surface area contributed by atoms with Crippen LogP contribution in [0.25, 0.3) is 0 Å². The molecule has 0 radical (unpaired) electrons. The minimum Gasteiger partial charge on any atom is -0.322 e. The molecule has 1 heterocycles. The van der Waals surface area contributed by atoms with Crippen LogP contribution in [0.4, 0.5) is 5.69 Å². The van der Waals surface area contributed by atoms with Crippen molar-refractivity contribution in [3.8, 4) is 0 Å². The number of hydrogen-bond donors (Lipinski definition) is 2. The Balaban J connectivity index is 1.76. The molecular formula is C16H16N2O2. The third kappa shape index (κ3) is 2.87. The number of carbonyl (C=O) groups is 1. The van der Waals surface area contributed by atoms with Gasteiger partial charge in [-0.05, 0) is 36.2 Å². The van der Waals surface area contributed by atoms with E-state index in [0.29, 0.717) is 12.2 Å². The molecule has 1 aliphatic heterocycles. The molecule has 2 aromatic carbocycles. The molecule has 3 rings (SSSR count). The van der Waals surface area contributed by atoms with Gasteiger partial charge < -0.3 is 10.2 Å². The number of rotatable bonds is 3. The van der Waals surface area contributed by atoms with E-state index in [0.717, 1.165) is 17.7 Å². The summed E-state index contributed by atoms with van der Waals surface area (Å²) in [5.41, 5.74) is 5.48. The number of hydrogen-bond acceptors (Lipinski definition) is 3. The van der Waals surface area contributed by atoms with Crippen molar-refractivity contribution in [1.82, 2.24) is 5.48 Å². The zero-order chi connectivity index (χ0) is 13.8. The van der Waals surface area contributed by atoms with Crippen LogP contribution in [0.3, 0.4) is 0 Å². The number of carbonyl (C=O) groups excluding carboxylic acids is 1. The maximum absolute atomic E-state index is 12.2. The fourth-order valence-electron chi connectivity index (χ4n) is 2.25. The highest BCUT2D eigenvalue weighted by Crippen LogP contribution is 2.22. The lowest BCUT2D eigenvalue weighted by molar-refractivity contribution is 0.0882. The van der Waals surface area contributed by atoms with Crippen LogP contribution >= 0.6 is 0 Å². The van der Waals surface area contributed by atoms with Crippen LogP contribution < -0.4 is 10.8 Å². The quantitative estimate of drug-likeness (QED) is 0.900. The zero-order valence-electron chi connectivity index (χ0n) is 11.0. The molecule has 1 aliphatic rings. The molecule has 0 aliphatic carbocycles. The molecule has 1 fully saturated rings. The van der Waals surface area contributed by atoms with Gasteiger partial charge in [0, 0.05) is 11.3 Å². The Morgan fingerprint density at radius 1 is 1.15 bits per heavy atom. The number of hydroxylamine groups is 1. The molecule has 2 aromatic rings. The first-order chi connectivity index (χ1) is 9.83. The minimum absolute atomic E-state index is 0.100. The molecule has 0 spiro atoms. The summed E-state index contributed by atoms with van der Waals surface area (Å²) in [4.78, 5) is 17.4. The SMILES string of the molecule is O=C(Nc1ccccc1)c1cccc([C@H]2CCON2)c1. The summed E-state index contributed by atoms with van der Waals surface area (Å²) in [6, 6.07) is 17.2. The fourth-order valence-corrected chi connectivity index (χ4v) is 2.25. The third-order valence-corrected chi connectivity index (χ3v) is 3.32.